The van der Waals surface area contributed by atoms with E-state index >= 15 is 0 Å². The van der Waals surface area contributed by atoms with Gasteiger partial charge in [-0.2, -0.15) is 5.10 Å². The summed E-state index contributed by atoms with van der Waals surface area (Å²) >= 11 is 0. The van der Waals surface area contributed by atoms with E-state index in [4.69, 9.17) is 5.73 Å². The third-order valence-electron chi connectivity index (χ3n) is 3.24. The Hall–Kier alpha value is -1.72. The van der Waals surface area contributed by atoms with Crippen LogP contribution in [-0.2, 0) is 11.8 Å². The minimum atomic E-state index is 0.0994. The molecule has 0 spiro atoms. The first-order chi connectivity index (χ1) is 8.50. The van der Waals surface area contributed by atoms with E-state index in [0.29, 0.717) is 25.4 Å². The van der Waals surface area contributed by atoms with E-state index in [1.54, 1.807) is 0 Å². The van der Waals surface area contributed by atoms with Crippen LogP contribution in [0.5, 0.6) is 0 Å². The van der Waals surface area contributed by atoms with Crippen LogP contribution in [0.15, 0.2) is 0 Å². The Bertz CT molecular complexity index is 452. The predicted molar refractivity (Wildman–Crippen MR) is 71.5 cm³/mol. The molecule has 0 radical (unpaired) electrons. The van der Waals surface area contributed by atoms with Crippen molar-refractivity contribution in [1.82, 2.24) is 15.1 Å². The predicted octanol–water partition coefficient (Wildman–Crippen LogP) is 0.452. The maximum atomic E-state index is 11.4. The van der Waals surface area contributed by atoms with Crippen LogP contribution in [0, 0.1) is 0 Å². The molecule has 1 aliphatic heterocycles. The summed E-state index contributed by atoms with van der Waals surface area (Å²) in [5.74, 6) is 1.33. The molecule has 0 atom stereocenters. The van der Waals surface area contributed by atoms with Gasteiger partial charge in [0.1, 0.15) is 5.82 Å². The second-order valence-electron chi connectivity index (χ2n) is 4.99. The number of hydrogen-bond donors (Lipinski definition) is 2. The molecule has 100 valence electrons. The number of carbonyl (C=O) groups excluding carboxylic acids is 1. The lowest BCUT2D eigenvalue weighted by atomic mass is 10.1. The molecule has 0 aliphatic carbocycles. The third-order valence-corrected chi connectivity index (χ3v) is 3.24. The normalized spacial score (nSPS) is 16.9. The smallest absolute Gasteiger partial charge is 0.221 e. The first kappa shape index (κ1) is 12.7. The Balaban J connectivity index is 2.29. The Morgan fingerprint density at radius 1 is 1.39 bits per heavy atom. The van der Waals surface area contributed by atoms with Crippen molar-refractivity contribution in [3.63, 3.8) is 0 Å². The Labute approximate surface area is 107 Å². The van der Waals surface area contributed by atoms with Crippen LogP contribution >= 0.6 is 0 Å². The van der Waals surface area contributed by atoms with Crippen LogP contribution in [0.2, 0.25) is 0 Å². The van der Waals surface area contributed by atoms with Crippen molar-refractivity contribution in [2.24, 2.45) is 7.05 Å². The summed E-state index contributed by atoms with van der Waals surface area (Å²) in [5.41, 5.74) is 7.86. The summed E-state index contributed by atoms with van der Waals surface area (Å²) in [6, 6.07) is 0. The van der Waals surface area contributed by atoms with Crippen LogP contribution in [-0.4, -0.2) is 35.3 Å². The molecule has 1 aromatic heterocycles. The summed E-state index contributed by atoms with van der Waals surface area (Å²) in [7, 11) is 1.90. The zero-order valence-electron chi connectivity index (χ0n) is 11.2. The Morgan fingerprint density at radius 3 is 2.72 bits per heavy atom. The molecule has 0 unspecified atom stereocenters. The fourth-order valence-corrected chi connectivity index (χ4v) is 2.33. The quantitative estimate of drug-likeness (QED) is 0.800. The highest BCUT2D eigenvalue weighted by Gasteiger charge is 2.22. The highest BCUT2D eigenvalue weighted by atomic mass is 16.1. The highest BCUT2D eigenvalue weighted by molar-refractivity contribution is 5.77. The molecule has 18 heavy (non-hydrogen) atoms. The molecule has 6 heteroatoms. The molecule has 1 aromatic rings. The average molecular weight is 251 g/mol. The number of carbonyl (C=O) groups is 1. The SMILES string of the molecule is CC(C)c1nn(C)c(N2CCNC(=O)CC2)c1N. The summed E-state index contributed by atoms with van der Waals surface area (Å²) in [4.78, 5) is 13.5. The van der Waals surface area contributed by atoms with Gasteiger partial charge in [0, 0.05) is 33.1 Å². The van der Waals surface area contributed by atoms with Crippen LogP contribution in [0.1, 0.15) is 31.9 Å². The van der Waals surface area contributed by atoms with Crippen LogP contribution in [0.25, 0.3) is 0 Å². The number of nitrogens with one attached hydrogen (secondary N) is 1. The average Bonchev–Trinajstić information content (AvgIpc) is 2.48. The lowest BCUT2D eigenvalue weighted by molar-refractivity contribution is -0.120. The van der Waals surface area contributed by atoms with Gasteiger partial charge in [0.05, 0.1) is 11.4 Å². The van der Waals surface area contributed by atoms with Gasteiger partial charge in [0.2, 0.25) is 5.91 Å². The fourth-order valence-electron chi connectivity index (χ4n) is 2.33. The topological polar surface area (TPSA) is 76.2 Å². The minimum Gasteiger partial charge on any atom is -0.394 e. The van der Waals surface area contributed by atoms with Crippen molar-refractivity contribution in [3.05, 3.63) is 5.69 Å². The molecule has 2 rings (SSSR count). The molecular weight excluding hydrogens is 230 g/mol. The van der Waals surface area contributed by atoms with Crippen LogP contribution in [0.3, 0.4) is 0 Å². The lowest BCUT2D eigenvalue weighted by Gasteiger charge is -2.22. The number of amides is 1. The van der Waals surface area contributed by atoms with Crippen LogP contribution in [0.4, 0.5) is 11.5 Å². The summed E-state index contributed by atoms with van der Waals surface area (Å²) in [6.07, 6.45) is 0.502. The van der Waals surface area contributed by atoms with Crippen molar-refractivity contribution in [1.29, 1.82) is 0 Å². The first-order valence-corrected chi connectivity index (χ1v) is 6.34. The van der Waals surface area contributed by atoms with E-state index in [9.17, 15) is 4.79 Å². The zero-order valence-corrected chi connectivity index (χ0v) is 11.2. The van der Waals surface area contributed by atoms with E-state index in [2.05, 4.69) is 29.2 Å². The van der Waals surface area contributed by atoms with Gasteiger partial charge in [-0.05, 0) is 5.92 Å². The van der Waals surface area contributed by atoms with Crippen LogP contribution < -0.4 is 16.0 Å². The minimum absolute atomic E-state index is 0.0994. The molecule has 0 saturated carbocycles. The zero-order chi connectivity index (χ0) is 13.3. The van der Waals surface area contributed by atoms with E-state index in [0.717, 1.165) is 23.7 Å². The van der Waals surface area contributed by atoms with Gasteiger partial charge in [0.25, 0.3) is 0 Å². The third kappa shape index (κ3) is 2.27. The van der Waals surface area contributed by atoms with E-state index < -0.39 is 0 Å². The maximum absolute atomic E-state index is 11.4. The van der Waals surface area contributed by atoms with Crippen molar-refractivity contribution in [3.8, 4) is 0 Å². The van der Waals surface area contributed by atoms with Gasteiger partial charge in [-0.3, -0.25) is 9.48 Å². The van der Waals surface area contributed by atoms with Crippen molar-refractivity contribution in [2.75, 3.05) is 30.3 Å². The Kier molecular flexibility index (Phi) is 3.45. The van der Waals surface area contributed by atoms with Gasteiger partial charge >= 0.3 is 0 Å². The number of nitrogens with two attached hydrogens (primary N) is 1. The first-order valence-electron chi connectivity index (χ1n) is 6.34. The van der Waals surface area contributed by atoms with E-state index in [1.165, 1.54) is 0 Å². The number of hydrogen-bond acceptors (Lipinski definition) is 4. The second kappa shape index (κ2) is 4.88. The van der Waals surface area contributed by atoms with Crippen molar-refractivity contribution in [2.45, 2.75) is 26.2 Å². The second-order valence-corrected chi connectivity index (χ2v) is 4.99. The van der Waals surface area contributed by atoms with Gasteiger partial charge in [-0.25, -0.2) is 0 Å². The summed E-state index contributed by atoms with van der Waals surface area (Å²) in [5, 5.41) is 7.34. The number of aromatic nitrogens is 2. The number of nitrogen functional groups attached to an aromatic ring is 1. The fraction of sp³-hybridized carbons (Fsp3) is 0.667. The largest absolute Gasteiger partial charge is 0.394 e. The lowest BCUT2D eigenvalue weighted by Crippen LogP contribution is -2.30. The molecule has 1 fully saturated rings. The van der Waals surface area contributed by atoms with Crippen molar-refractivity contribution < 1.29 is 4.79 Å². The molecule has 1 saturated heterocycles. The molecule has 1 amide bonds. The van der Waals surface area contributed by atoms with E-state index in [-0.39, 0.29) is 5.91 Å². The van der Waals surface area contributed by atoms with Gasteiger partial charge < -0.3 is 16.0 Å². The molecule has 1 aliphatic rings. The number of anilines is 2. The van der Waals surface area contributed by atoms with Gasteiger partial charge in [-0.1, -0.05) is 13.8 Å². The number of rotatable bonds is 2. The summed E-state index contributed by atoms with van der Waals surface area (Å²) < 4.78 is 1.82. The Morgan fingerprint density at radius 2 is 2.11 bits per heavy atom. The highest BCUT2D eigenvalue weighted by Crippen LogP contribution is 2.30. The van der Waals surface area contributed by atoms with Gasteiger partial charge in [-0.15, -0.1) is 0 Å². The van der Waals surface area contributed by atoms with Gasteiger partial charge in [0.15, 0.2) is 0 Å². The molecule has 6 nitrogen and oxygen atoms in total. The maximum Gasteiger partial charge on any atom is 0.221 e. The molecule has 2 heterocycles. The molecular formula is C12H21N5O. The van der Waals surface area contributed by atoms with E-state index in [1.807, 2.05) is 11.7 Å². The molecule has 3 N–H and O–H groups in total. The number of aryl methyl sites for hydroxylation is 1. The number of nitrogens with zero attached hydrogens (tertiary/aromatic N) is 3. The summed E-state index contributed by atoms with van der Waals surface area (Å²) in [6.45, 7) is 6.27. The monoisotopic (exact) mass is 251 g/mol. The van der Waals surface area contributed by atoms with Crippen molar-refractivity contribution >= 4 is 17.4 Å². The molecule has 0 bridgehead atoms. The standard InChI is InChI=1S/C12H21N5O/c1-8(2)11-10(13)12(16(3)15-11)17-6-4-9(18)14-5-7-17/h8H,4-7,13H2,1-3H3,(H,14,18). The molecule has 0 aromatic carbocycles.